The molecule has 0 spiro atoms. The Morgan fingerprint density at radius 3 is 2.65 bits per heavy atom. The summed E-state index contributed by atoms with van der Waals surface area (Å²) in [5.41, 5.74) is 3.22. The maximum atomic E-state index is 3.41. The molecule has 1 aromatic carbocycles. The Bertz CT molecular complexity index is 365. The van der Waals surface area contributed by atoms with Gasteiger partial charge >= 0.3 is 0 Å². The van der Waals surface area contributed by atoms with Crippen LogP contribution in [0, 0.1) is 0 Å². The van der Waals surface area contributed by atoms with Crippen molar-refractivity contribution in [1.82, 2.24) is 10.2 Å². The smallest absolute Gasteiger partial charge is 0.0108 e. The van der Waals surface area contributed by atoms with E-state index in [0.29, 0.717) is 0 Å². The Morgan fingerprint density at radius 2 is 1.88 bits per heavy atom. The van der Waals surface area contributed by atoms with Crippen LogP contribution in [0.5, 0.6) is 0 Å². The molecule has 0 amide bonds. The number of piperazine rings is 1. The van der Waals surface area contributed by atoms with E-state index in [1.165, 1.54) is 38.9 Å². The predicted octanol–water partition coefficient (Wildman–Crippen LogP) is 2.01. The van der Waals surface area contributed by atoms with Gasteiger partial charge in [0.2, 0.25) is 0 Å². The third-order valence-corrected chi connectivity index (χ3v) is 3.98. The SMILES string of the molecule is c1ccc(C2CC2)c(CCN2CCNCC2)c1. The minimum absolute atomic E-state index is 0.884. The highest BCUT2D eigenvalue weighted by Gasteiger charge is 2.25. The lowest BCUT2D eigenvalue weighted by atomic mass is 10.0. The van der Waals surface area contributed by atoms with Gasteiger partial charge < -0.3 is 10.2 Å². The van der Waals surface area contributed by atoms with Crippen molar-refractivity contribution in [2.75, 3.05) is 32.7 Å². The fraction of sp³-hybridized carbons (Fsp3) is 0.600. The summed E-state index contributed by atoms with van der Waals surface area (Å²) in [6.07, 6.45) is 4.04. The van der Waals surface area contributed by atoms with Crippen LogP contribution in [0.4, 0.5) is 0 Å². The van der Waals surface area contributed by atoms with Crippen molar-refractivity contribution in [3.63, 3.8) is 0 Å². The first kappa shape index (κ1) is 11.2. The summed E-state index contributed by atoms with van der Waals surface area (Å²) in [6, 6.07) is 9.06. The van der Waals surface area contributed by atoms with Crippen molar-refractivity contribution in [1.29, 1.82) is 0 Å². The molecular weight excluding hydrogens is 208 g/mol. The predicted molar refractivity (Wildman–Crippen MR) is 71.4 cm³/mol. The standard InChI is InChI=1S/C15H22N2/c1-2-4-15(14-5-6-14)13(3-1)7-10-17-11-8-16-9-12-17/h1-4,14,16H,5-12H2. The first-order chi connectivity index (χ1) is 8.43. The molecule has 1 heterocycles. The second-order valence-corrected chi connectivity index (χ2v) is 5.31. The fourth-order valence-corrected chi connectivity index (χ4v) is 2.77. The number of benzene rings is 1. The summed E-state index contributed by atoms with van der Waals surface area (Å²) >= 11 is 0. The van der Waals surface area contributed by atoms with E-state index < -0.39 is 0 Å². The Kier molecular flexibility index (Phi) is 3.44. The fourth-order valence-electron chi connectivity index (χ4n) is 2.77. The Balaban J connectivity index is 1.60. The molecule has 2 fully saturated rings. The summed E-state index contributed by atoms with van der Waals surface area (Å²) in [5.74, 6) is 0.884. The molecule has 0 radical (unpaired) electrons. The molecule has 1 aliphatic heterocycles. The third kappa shape index (κ3) is 2.88. The van der Waals surface area contributed by atoms with Crippen molar-refractivity contribution < 1.29 is 0 Å². The Morgan fingerprint density at radius 1 is 1.12 bits per heavy atom. The normalized spacial score (nSPS) is 21.6. The van der Waals surface area contributed by atoms with Crippen LogP contribution in [0.25, 0.3) is 0 Å². The van der Waals surface area contributed by atoms with Crippen LogP contribution >= 0.6 is 0 Å². The Labute approximate surface area is 104 Å². The summed E-state index contributed by atoms with van der Waals surface area (Å²) < 4.78 is 0. The molecule has 1 N–H and O–H groups in total. The van der Waals surface area contributed by atoms with E-state index in [1.807, 2.05) is 0 Å². The lowest BCUT2D eigenvalue weighted by molar-refractivity contribution is 0.243. The van der Waals surface area contributed by atoms with Crippen LogP contribution in [-0.4, -0.2) is 37.6 Å². The summed E-state index contributed by atoms with van der Waals surface area (Å²) in [6.45, 7) is 5.97. The average Bonchev–Trinajstić information content (AvgIpc) is 3.22. The van der Waals surface area contributed by atoms with E-state index in [-0.39, 0.29) is 0 Å². The van der Waals surface area contributed by atoms with Crippen molar-refractivity contribution in [2.24, 2.45) is 0 Å². The van der Waals surface area contributed by atoms with Crippen LogP contribution in [0.15, 0.2) is 24.3 Å². The minimum atomic E-state index is 0.884. The van der Waals surface area contributed by atoms with Gasteiger partial charge in [0.25, 0.3) is 0 Å². The first-order valence-electron chi connectivity index (χ1n) is 6.94. The molecule has 0 aromatic heterocycles. The van der Waals surface area contributed by atoms with Gasteiger partial charge in [-0.25, -0.2) is 0 Å². The third-order valence-electron chi connectivity index (χ3n) is 3.98. The van der Waals surface area contributed by atoms with Crippen LogP contribution in [0.2, 0.25) is 0 Å². The molecule has 2 aliphatic rings. The van der Waals surface area contributed by atoms with Crippen molar-refractivity contribution in [2.45, 2.75) is 25.2 Å². The molecule has 1 saturated heterocycles. The molecule has 0 unspecified atom stereocenters. The molecule has 0 atom stereocenters. The zero-order valence-corrected chi connectivity index (χ0v) is 10.5. The van der Waals surface area contributed by atoms with Crippen LogP contribution in [0.1, 0.15) is 29.9 Å². The summed E-state index contributed by atoms with van der Waals surface area (Å²) in [5, 5.41) is 3.41. The van der Waals surface area contributed by atoms with Crippen LogP contribution in [0.3, 0.4) is 0 Å². The maximum Gasteiger partial charge on any atom is 0.0108 e. The highest BCUT2D eigenvalue weighted by Crippen LogP contribution is 2.41. The van der Waals surface area contributed by atoms with E-state index in [9.17, 15) is 0 Å². The molecule has 3 rings (SSSR count). The van der Waals surface area contributed by atoms with Crippen LogP contribution < -0.4 is 5.32 Å². The van der Waals surface area contributed by atoms with Crippen molar-refractivity contribution in [3.8, 4) is 0 Å². The van der Waals surface area contributed by atoms with Crippen molar-refractivity contribution >= 4 is 0 Å². The summed E-state index contributed by atoms with van der Waals surface area (Å²) in [7, 11) is 0. The quantitative estimate of drug-likeness (QED) is 0.851. The molecular formula is C15H22N2. The molecule has 17 heavy (non-hydrogen) atoms. The van der Waals surface area contributed by atoms with Gasteiger partial charge in [-0.15, -0.1) is 0 Å². The van der Waals surface area contributed by atoms with Gasteiger partial charge in [-0.3, -0.25) is 0 Å². The number of rotatable bonds is 4. The first-order valence-corrected chi connectivity index (χ1v) is 6.94. The monoisotopic (exact) mass is 230 g/mol. The van der Waals surface area contributed by atoms with E-state index in [2.05, 4.69) is 34.5 Å². The van der Waals surface area contributed by atoms with Gasteiger partial charge in [-0.2, -0.15) is 0 Å². The number of nitrogens with zero attached hydrogens (tertiary/aromatic N) is 1. The van der Waals surface area contributed by atoms with E-state index >= 15 is 0 Å². The zero-order valence-electron chi connectivity index (χ0n) is 10.5. The van der Waals surface area contributed by atoms with Gasteiger partial charge in [0.15, 0.2) is 0 Å². The summed E-state index contributed by atoms with van der Waals surface area (Å²) in [4.78, 5) is 2.58. The molecule has 92 valence electrons. The second kappa shape index (κ2) is 5.19. The average molecular weight is 230 g/mol. The van der Waals surface area contributed by atoms with Gasteiger partial charge in [0, 0.05) is 32.7 Å². The number of hydrogen-bond acceptors (Lipinski definition) is 2. The second-order valence-electron chi connectivity index (χ2n) is 5.31. The number of hydrogen-bond donors (Lipinski definition) is 1. The zero-order chi connectivity index (χ0) is 11.5. The maximum absolute atomic E-state index is 3.41. The molecule has 2 nitrogen and oxygen atoms in total. The number of nitrogens with one attached hydrogen (secondary N) is 1. The molecule has 1 aromatic rings. The molecule has 1 saturated carbocycles. The van der Waals surface area contributed by atoms with Gasteiger partial charge in [0.05, 0.1) is 0 Å². The van der Waals surface area contributed by atoms with Gasteiger partial charge in [-0.05, 0) is 36.3 Å². The van der Waals surface area contributed by atoms with Gasteiger partial charge in [0.1, 0.15) is 0 Å². The molecule has 1 aliphatic carbocycles. The minimum Gasteiger partial charge on any atom is -0.314 e. The lowest BCUT2D eigenvalue weighted by Crippen LogP contribution is -2.44. The van der Waals surface area contributed by atoms with E-state index in [1.54, 1.807) is 11.1 Å². The lowest BCUT2D eigenvalue weighted by Gasteiger charge is -2.27. The molecule has 2 heteroatoms. The van der Waals surface area contributed by atoms with E-state index in [4.69, 9.17) is 0 Å². The highest BCUT2D eigenvalue weighted by molar-refractivity contribution is 5.33. The molecule has 0 bridgehead atoms. The Hall–Kier alpha value is -0.860. The van der Waals surface area contributed by atoms with Crippen LogP contribution in [-0.2, 0) is 6.42 Å². The van der Waals surface area contributed by atoms with Crippen molar-refractivity contribution in [3.05, 3.63) is 35.4 Å². The van der Waals surface area contributed by atoms with Gasteiger partial charge in [-0.1, -0.05) is 24.3 Å². The van der Waals surface area contributed by atoms with E-state index in [0.717, 1.165) is 19.0 Å². The topological polar surface area (TPSA) is 15.3 Å². The largest absolute Gasteiger partial charge is 0.314 e. The highest BCUT2D eigenvalue weighted by atomic mass is 15.2.